The molecule has 1 aliphatic carbocycles. The number of halogens is 1. The van der Waals surface area contributed by atoms with E-state index in [0.29, 0.717) is 23.6 Å². The predicted octanol–water partition coefficient (Wildman–Crippen LogP) is 4.37. The Hall–Kier alpha value is -3.31. The first-order valence-corrected chi connectivity index (χ1v) is 17.5. The maximum atomic E-state index is 14.6. The Labute approximate surface area is 287 Å². The van der Waals surface area contributed by atoms with Gasteiger partial charge in [-0.25, -0.2) is 0 Å². The number of rotatable bonds is 11. The lowest BCUT2D eigenvalue weighted by atomic mass is 9.84. The number of benzene rings is 1. The average Bonchev–Trinajstić information content (AvgIpc) is 3.59. The van der Waals surface area contributed by atoms with Gasteiger partial charge in [-0.05, 0) is 62.5 Å². The third-order valence-electron chi connectivity index (χ3n) is 9.92. The summed E-state index contributed by atoms with van der Waals surface area (Å²) >= 11 is 6.24. The molecule has 1 spiro atoms. The van der Waals surface area contributed by atoms with Crippen molar-refractivity contribution in [3.05, 3.63) is 34.9 Å². The van der Waals surface area contributed by atoms with Gasteiger partial charge in [0.25, 0.3) is 0 Å². The Balaban J connectivity index is 1.39. The number of oxime groups is 1. The lowest BCUT2D eigenvalue weighted by Crippen LogP contribution is -2.59. The first-order valence-electron chi connectivity index (χ1n) is 17.1. The van der Waals surface area contributed by atoms with Crippen LogP contribution in [0.2, 0.25) is 5.02 Å². The van der Waals surface area contributed by atoms with Crippen LogP contribution < -0.4 is 10.6 Å². The van der Waals surface area contributed by atoms with Gasteiger partial charge in [-0.3, -0.25) is 24.0 Å². The zero-order chi connectivity index (χ0) is 35.0. The summed E-state index contributed by atoms with van der Waals surface area (Å²) < 4.78 is 5.84. The summed E-state index contributed by atoms with van der Waals surface area (Å²) in [7, 11) is 0. The monoisotopic (exact) mass is 684 g/mol. The highest BCUT2D eigenvalue weighted by atomic mass is 35.5. The maximum Gasteiger partial charge on any atom is 0.246 e. The second-order valence-corrected chi connectivity index (χ2v) is 15.9. The van der Waals surface area contributed by atoms with Crippen molar-refractivity contribution in [1.82, 2.24) is 15.5 Å². The van der Waals surface area contributed by atoms with Crippen LogP contribution in [-0.2, 0) is 33.5 Å². The van der Waals surface area contributed by atoms with E-state index in [0.717, 1.165) is 31.2 Å². The molecule has 12 heteroatoms. The number of Topliss-reactive ketones (excluding diaryl/α,β-unsaturated/α-hetero) is 2. The molecule has 262 valence electrons. The highest BCUT2D eigenvalue weighted by Crippen LogP contribution is 2.41. The molecule has 3 aliphatic heterocycles. The zero-order valence-electron chi connectivity index (χ0n) is 28.8. The predicted molar refractivity (Wildman–Crippen MR) is 180 cm³/mol. The SMILES string of the molecule is CC(=O)C(=O)[C@H](CC1CC1)NC(=O)[C@@H]1C[C@]2(CC(c3cccc(Cl)c3)=NO2)CN1C(=O)[C@@H](NC(=O)CC1C[C@@H](C)O[C@H](C)C1)C(C)(C)C. The zero-order valence-corrected chi connectivity index (χ0v) is 29.6. The van der Waals surface area contributed by atoms with Crippen molar-refractivity contribution in [2.75, 3.05) is 6.54 Å². The Morgan fingerprint density at radius 3 is 2.35 bits per heavy atom. The number of likely N-dealkylation sites (tertiary alicyclic amines) is 1. The molecule has 2 saturated heterocycles. The molecule has 0 bridgehead atoms. The van der Waals surface area contributed by atoms with Crippen LogP contribution in [0.3, 0.4) is 0 Å². The Morgan fingerprint density at radius 2 is 1.75 bits per heavy atom. The molecule has 6 atom stereocenters. The van der Waals surface area contributed by atoms with Gasteiger partial charge in [0.05, 0.1) is 30.5 Å². The van der Waals surface area contributed by atoms with Gasteiger partial charge in [0.15, 0.2) is 11.4 Å². The average molecular weight is 685 g/mol. The van der Waals surface area contributed by atoms with E-state index in [9.17, 15) is 24.0 Å². The van der Waals surface area contributed by atoms with Crippen molar-refractivity contribution in [3.63, 3.8) is 0 Å². The van der Waals surface area contributed by atoms with E-state index >= 15 is 0 Å². The fourth-order valence-corrected chi connectivity index (χ4v) is 7.58. The fraction of sp³-hybridized carbons (Fsp3) is 0.667. The number of carbonyl (C=O) groups is 5. The number of nitrogens with zero attached hydrogens (tertiary/aromatic N) is 2. The summed E-state index contributed by atoms with van der Waals surface area (Å²) in [5.41, 5.74) is -0.284. The molecular formula is C36H49ClN4O7. The van der Waals surface area contributed by atoms with E-state index < -0.39 is 52.5 Å². The van der Waals surface area contributed by atoms with E-state index in [1.165, 1.54) is 11.8 Å². The lowest BCUT2D eigenvalue weighted by Gasteiger charge is -2.36. The van der Waals surface area contributed by atoms with Crippen LogP contribution in [0.15, 0.2) is 29.4 Å². The molecule has 48 heavy (non-hydrogen) atoms. The molecule has 1 saturated carbocycles. The van der Waals surface area contributed by atoms with Crippen LogP contribution >= 0.6 is 11.6 Å². The van der Waals surface area contributed by atoms with Crippen molar-refractivity contribution in [1.29, 1.82) is 0 Å². The number of ketones is 2. The topological polar surface area (TPSA) is 143 Å². The highest BCUT2D eigenvalue weighted by molar-refractivity contribution is 6.38. The van der Waals surface area contributed by atoms with Crippen LogP contribution in [0.5, 0.6) is 0 Å². The largest absolute Gasteiger partial charge is 0.387 e. The molecule has 5 rings (SSSR count). The van der Waals surface area contributed by atoms with Crippen molar-refractivity contribution in [3.8, 4) is 0 Å². The fourth-order valence-electron chi connectivity index (χ4n) is 7.39. The van der Waals surface area contributed by atoms with Gasteiger partial charge < -0.3 is 25.1 Å². The molecule has 2 N–H and O–H groups in total. The molecule has 3 heterocycles. The van der Waals surface area contributed by atoms with Crippen molar-refractivity contribution < 1.29 is 33.5 Å². The first-order chi connectivity index (χ1) is 22.5. The van der Waals surface area contributed by atoms with E-state index in [1.54, 1.807) is 12.1 Å². The number of hydrogen-bond donors (Lipinski definition) is 2. The van der Waals surface area contributed by atoms with Gasteiger partial charge in [-0.2, -0.15) is 0 Å². The Morgan fingerprint density at radius 1 is 1.06 bits per heavy atom. The number of amides is 3. The molecule has 11 nitrogen and oxygen atoms in total. The van der Waals surface area contributed by atoms with Crippen LogP contribution in [-0.4, -0.2) is 82.4 Å². The van der Waals surface area contributed by atoms with Gasteiger partial charge >= 0.3 is 0 Å². The summed E-state index contributed by atoms with van der Waals surface area (Å²) in [5.74, 6) is -2.07. The van der Waals surface area contributed by atoms with Gasteiger partial charge in [-0.15, -0.1) is 0 Å². The van der Waals surface area contributed by atoms with E-state index in [-0.39, 0.29) is 49.3 Å². The Kier molecular flexibility index (Phi) is 10.7. The van der Waals surface area contributed by atoms with Gasteiger partial charge in [-0.1, -0.05) is 62.5 Å². The normalized spacial score (nSPS) is 28.3. The van der Waals surface area contributed by atoms with Gasteiger partial charge in [0, 0.05) is 36.8 Å². The smallest absolute Gasteiger partial charge is 0.246 e. The summed E-state index contributed by atoms with van der Waals surface area (Å²) in [5, 5.41) is 10.7. The molecule has 3 amide bonds. The maximum absolute atomic E-state index is 14.6. The third-order valence-corrected chi connectivity index (χ3v) is 10.2. The quantitative estimate of drug-likeness (QED) is 0.330. The minimum atomic E-state index is -1.02. The number of ether oxygens (including phenoxy) is 1. The second kappa shape index (κ2) is 14.3. The third kappa shape index (κ3) is 8.64. The molecule has 1 aromatic rings. The second-order valence-electron chi connectivity index (χ2n) is 15.5. The summed E-state index contributed by atoms with van der Waals surface area (Å²) in [6, 6.07) is 4.30. The number of hydrogen-bond acceptors (Lipinski definition) is 8. The molecule has 0 unspecified atom stereocenters. The Bertz CT molecular complexity index is 1460. The summed E-state index contributed by atoms with van der Waals surface area (Å²) in [6.45, 7) is 10.9. The van der Waals surface area contributed by atoms with Gasteiger partial charge in [0.2, 0.25) is 23.5 Å². The minimum Gasteiger partial charge on any atom is -0.387 e. The van der Waals surface area contributed by atoms with Crippen LogP contribution in [0.4, 0.5) is 0 Å². The number of nitrogens with one attached hydrogen (secondary N) is 2. The molecular weight excluding hydrogens is 636 g/mol. The number of carbonyl (C=O) groups excluding carboxylic acids is 5. The molecule has 0 aromatic heterocycles. The van der Waals surface area contributed by atoms with Gasteiger partial charge in [0.1, 0.15) is 12.1 Å². The first kappa shape index (κ1) is 36.0. The molecule has 3 fully saturated rings. The van der Waals surface area contributed by atoms with E-state index in [4.69, 9.17) is 21.2 Å². The van der Waals surface area contributed by atoms with Crippen molar-refractivity contribution >= 4 is 46.6 Å². The lowest BCUT2D eigenvalue weighted by molar-refractivity contribution is -0.145. The minimum absolute atomic E-state index is 0.0445. The van der Waals surface area contributed by atoms with Crippen LogP contribution in [0.1, 0.15) is 98.5 Å². The molecule has 4 aliphatic rings. The van der Waals surface area contributed by atoms with E-state index in [1.807, 2.05) is 46.8 Å². The molecule has 0 radical (unpaired) electrons. The van der Waals surface area contributed by atoms with Crippen molar-refractivity contribution in [2.24, 2.45) is 22.4 Å². The summed E-state index contributed by atoms with van der Waals surface area (Å²) in [6.07, 6.45) is 4.57. The van der Waals surface area contributed by atoms with E-state index in [2.05, 4.69) is 15.8 Å². The molecule has 1 aromatic carbocycles. The van der Waals surface area contributed by atoms with Crippen molar-refractivity contribution in [2.45, 2.75) is 129 Å². The van der Waals surface area contributed by atoms with Crippen LogP contribution in [0, 0.1) is 17.3 Å². The summed E-state index contributed by atoms with van der Waals surface area (Å²) in [4.78, 5) is 74.6. The van der Waals surface area contributed by atoms with Crippen LogP contribution in [0.25, 0.3) is 0 Å². The standard InChI is InChI=1S/C36H49ClN4O7/c1-20-12-24(13-21(2)47-20)15-30(43)39-32(35(4,5)6)34(46)41-19-36(17-28(40-48-36)25-8-7-9-26(37)16-25)18-29(41)33(45)38-27(14-23-10-11-23)31(44)22(3)42/h7-9,16,20-21,23-24,27,29,32H,10-15,17-19H2,1-6H3,(H,38,45)(H,39,43)/t20-,21-,27+,29+,32-,36-/m1/s1. The highest BCUT2D eigenvalue weighted by Gasteiger charge is 2.56.